The molecule has 1 aliphatic carbocycles. The van der Waals surface area contributed by atoms with Crippen molar-refractivity contribution in [2.24, 2.45) is 17.4 Å². The fraction of sp³-hybridized carbons (Fsp3) is 1.00. The van der Waals surface area contributed by atoms with Crippen molar-refractivity contribution in [3.63, 3.8) is 0 Å². The molecule has 2 heteroatoms. The Morgan fingerprint density at radius 3 is 1.89 bits per heavy atom. The summed E-state index contributed by atoms with van der Waals surface area (Å²) in [6.07, 6.45) is 3.54. The van der Waals surface area contributed by atoms with E-state index < -0.39 is 0 Å². The predicted molar refractivity (Wildman–Crippen MR) is 39.0 cm³/mol. The zero-order valence-corrected chi connectivity index (χ0v) is 6.01. The molecule has 1 saturated carbocycles. The van der Waals surface area contributed by atoms with Crippen LogP contribution in [0.3, 0.4) is 0 Å². The van der Waals surface area contributed by atoms with Crippen LogP contribution in [0.5, 0.6) is 0 Å². The van der Waals surface area contributed by atoms with E-state index in [2.05, 4.69) is 6.92 Å². The van der Waals surface area contributed by atoms with Crippen molar-refractivity contribution in [2.75, 3.05) is 0 Å². The van der Waals surface area contributed by atoms with Crippen molar-refractivity contribution < 1.29 is 0 Å². The second-order valence-corrected chi connectivity index (χ2v) is 3.12. The summed E-state index contributed by atoms with van der Waals surface area (Å²) in [5.41, 5.74) is 11.6. The Morgan fingerprint density at radius 2 is 1.56 bits per heavy atom. The summed E-state index contributed by atoms with van der Waals surface area (Å²) in [5.74, 6) is 0.527. The van der Waals surface area contributed by atoms with Gasteiger partial charge in [0.05, 0.1) is 0 Å². The summed E-state index contributed by atoms with van der Waals surface area (Å²) in [6.45, 7) is 2.15. The quantitative estimate of drug-likeness (QED) is 0.498. The van der Waals surface area contributed by atoms with Crippen molar-refractivity contribution in [3.8, 4) is 0 Å². The van der Waals surface area contributed by atoms with Crippen LogP contribution in [0.15, 0.2) is 0 Å². The van der Waals surface area contributed by atoms with Gasteiger partial charge in [0.15, 0.2) is 0 Å². The molecule has 1 aliphatic rings. The molecule has 0 aromatic carbocycles. The highest BCUT2D eigenvalue weighted by Gasteiger charge is 2.23. The first kappa shape index (κ1) is 7.03. The van der Waals surface area contributed by atoms with Gasteiger partial charge in [-0.3, -0.25) is 0 Å². The van der Waals surface area contributed by atoms with Crippen LogP contribution in [0.2, 0.25) is 0 Å². The lowest BCUT2D eigenvalue weighted by molar-refractivity contribution is 0.287. The van der Waals surface area contributed by atoms with E-state index >= 15 is 0 Å². The highest BCUT2D eigenvalue weighted by Crippen LogP contribution is 2.20. The van der Waals surface area contributed by atoms with E-state index in [9.17, 15) is 0 Å². The molecule has 54 valence electrons. The molecular weight excluding hydrogens is 112 g/mol. The molecule has 1 fully saturated rings. The monoisotopic (exact) mass is 128 g/mol. The average molecular weight is 128 g/mol. The second kappa shape index (κ2) is 2.67. The van der Waals surface area contributed by atoms with E-state index in [0.717, 1.165) is 12.8 Å². The fourth-order valence-corrected chi connectivity index (χ4v) is 1.43. The zero-order valence-electron chi connectivity index (χ0n) is 6.01. The third-order valence-corrected chi connectivity index (χ3v) is 2.43. The molecule has 0 bridgehead atoms. The zero-order chi connectivity index (χ0) is 6.85. The minimum atomic E-state index is 0.355. The maximum Gasteiger partial charge on any atom is 0.00792 e. The Labute approximate surface area is 56.6 Å². The van der Waals surface area contributed by atoms with Crippen molar-refractivity contribution in [3.05, 3.63) is 0 Å². The maximum atomic E-state index is 5.79. The van der Waals surface area contributed by atoms with Gasteiger partial charge in [0.25, 0.3) is 0 Å². The van der Waals surface area contributed by atoms with Crippen molar-refractivity contribution >= 4 is 0 Å². The molecule has 4 N–H and O–H groups in total. The minimum Gasteiger partial charge on any atom is -0.327 e. The van der Waals surface area contributed by atoms with Crippen LogP contribution in [0, 0.1) is 5.92 Å². The highest BCUT2D eigenvalue weighted by atomic mass is 14.7. The third-order valence-electron chi connectivity index (χ3n) is 2.43. The molecule has 0 radical (unpaired) electrons. The molecule has 0 aromatic rings. The third kappa shape index (κ3) is 1.43. The van der Waals surface area contributed by atoms with E-state index in [0.29, 0.717) is 18.0 Å². The number of hydrogen-bond donors (Lipinski definition) is 2. The highest BCUT2D eigenvalue weighted by molar-refractivity contribution is 4.83. The molecule has 0 saturated heterocycles. The van der Waals surface area contributed by atoms with Gasteiger partial charge in [-0.1, -0.05) is 13.3 Å². The lowest BCUT2D eigenvalue weighted by Crippen LogP contribution is -2.44. The smallest absolute Gasteiger partial charge is 0.00792 e. The van der Waals surface area contributed by atoms with Gasteiger partial charge in [0.2, 0.25) is 0 Å². The first-order valence-electron chi connectivity index (χ1n) is 3.73. The SMILES string of the molecule is C[C@@H]1[C@H](N)CCC[C@@H]1N. The summed E-state index contributed by atoms with van der Waals surface area (Å²) in [7, 11) is 0. The van der Waals surface area contributed by atoms with Gasteiger partial charge < -0.3 is 11.5 Å². The summed E-state index contributed by atoms with van der Waals surface area (Å²) in [6, 6.07) is 0.711. The Kier molecular flexibility index (Phi) is 2.09. The van der Waals surface area contributed by atoms with Gasteiger partial charge >= 0.3 is 0 Å². The number of nitrogens with two attached hydrogens (primary N) is 2. The maximum absolute atomic E-state index is 5.79. The van der Waals surface area contributed by atoms with E-state index in [1.54, 1.807) is 0 Å². The molecule has 0 aromatic heterocycles. The Morgan fingerprint density at radius 1 is 1.11 bits per heavy atom. The number of rotatable bonds is 0. The summed E-state index contributed by atoms with van der Waals surface area (Å²) < 4.78 is 0. The number of hydrogen-bond acceptors (Lipinski definition) is 2. The molecule has 0 amide bonds. The van der Waals surface area contributed by atoms with Crippen molar-refractivity contribution in [2.45, 2.75) is 38.3 Å². The van der Waals surface area contributed by atoms with E-state index in [4.69, 9.17) is 11.5 Å². The molecule has 0 aliphatic heterocycles. The van der Waals surface area contributed by atoms with Crippen LogP contribution in [0.25, 0.3) is 0 Å². The van der Waals surface area contributed by atoms with Crippen LogP contribution in [-0.4, -0.2) is 12.1 Å². The van der Waals surface area contributed by atoms with Gasteiger partial charge in [0, 0.05) is 12.1 Å². The normalized spacial score (nSPS) is 45.0. The topological polar surface area (TPSA) is 52.0 Å². The predicted octanol–water partition coefficient (Wildman–Crippen LogP) is 0.461. The molecule has 9 heavy (non-hydrogen) atoms. The van der Waals surface area contributed by atoms with Crippen LogP contribution in [-0.2, 0) is 0 Å². The van der Waals surface area contributed by atoms with Crippen molar-refractivity contribution in [1.29, 1.82) is 0 Å². The largest absolute Gasteiger partial charge is 0.327 e. The molecule has 0 unspecified atom stereocenters. The van der Waals surface area contributed by atoms with E-state index in [1.807, 2.05) is 0 Å². The summed E-state index contributed by atoms with van der Waals surface area (Å²) in [4.78, 5) is 0. The first-order chi connectivity index (χ1) is 4.22. The van der Waals surface area contributed by atoms with Crippen LogP contribution in [0.4, 0.5) is 0 Å². The lowest BCUT2D eigenvalue weighted by Gasteiger charge is -2.30. The lowest BCUT2D eigenvalue weighted by atomic mass is 9.83. The molecule has 2 nitrogen and oxygen atoms in total. The fourth-order valence-electron chi connectivity index (χ4n) is 1.43. The van der Waals surface area contributed by atoms with Gasteiger partial charge in [-0.05, 0) is 18.8 Å². The molecule has 1 rings (SSSR count). The standard InChI is InChI=1S/C7H16N2/c1-5-6(8)3-2-4-7(5)9/h5-7H,2-4,8-9H2,1H3/t5-,6-,7+. The minimum absolute atomic E-state index is 0.355. The molecule has 0 spiro atoms. The van der Waals surface area contributed by atoms with Crippen molar-refractivity contribution in [1.82, 2.24) is 0 Å². The molecule has 3 atom stereocenters. The van der Waals surface area contributed by atoms with E-state index in [-0.39, 0.29) is 0 Å². The summed E-state index contributed by atoms with van der Waals surface area (Å²) >= 11 is 0. The molecular formula is C7H16N2. The molecule has 0 heterocycles. The first-order valence-corrected chi connectivity index (χ1v) is 3.73. The Bertz CT molecular complexity index is 82.9. The van der Waals surface area contributed by atoms with Crippen LogP contribution < -0.4 is 11.5 Å². The van der Waals surface area contributed by atoms with Gasteiger partial charge in [-0.25, -0.2) is 0 Å². The van der Waals surface area contributed by atoms with Gasteiger partial charge in [-0.2, -0.15) is 0 Å². The Hall–Kier alpha value is -0.0800. The van der Waals surface area contributed by atoms with Crippen LogP contribution in [0.1, 0.15) is 26.2 Å². The average Bonchev–Trinajstić information content (AvgIpc) is 1.83. The summed E-state index contributed by atoms with van der Waals surface area (Å²) in [5, 5.41) is 0. The van der Waals surface area contributed by atoms with Gasteiger partial charge in [-0.15, -0.1) is 0 Å². The van der Waals surface area contributed by atoms with E-state index in [1.165, 1.54) is 6.42 Å². The second-order valence-electron chi connectivity index (χ2n) is 3.12. The van der Waals surface area contributed by atoms with Crippen LogP contribution >= 0.6 is 0 Å². The Balaban J connectivity index is 2.41. The van der Waals surface area contributed by atoms with Gasteiger partial charge in [0.1, 0.15) is 0 Å².